The van der Waals surface area contributed by atoms with E-state index in [2.05, 4.69) is 4.99 Å². The van der Waals surface area contributed by atoms with E-state index in [-0.39, 0.29) is 26.9 Å². The highest BCUT2D eigenvalue weighted by atomic mass is 35.5. The van der Waals surface area contributed by atoms with Crippen LogP contribution in [0.4, 0.5) is 18.9 Å². The van der Waals surface area contributed by atoms with Crippen molar-refractivity contribution in [1.29, 1.82) is 0 Å². The number of carbonyl (C=O) groups is 1. The number of carbonyl (C=O) groups excluding carboxylic acids is 1. The summed E-state index contributed by atoms with van der Waals surface area (Å²) in [6, 6.07) is 2.99. The molecule has 0 unspecified atom stereocenters. The van der Waals surface area contributed by atoms with E-state index in [9.17, 15) is 18.0 Å². The fourth-order valence-corrected chi connectivity index (χ4v) is 4.37. The van der Waals surface area contributed by atoms with Gasteiger partial charge in [-0.2, -0.15) is 13.2 Å². The Labute approximate surface area is 155 Å². The second-order valence-electron chi connectivity index (χ2n) is 5.32. The van der Waals surface area contributed by atoms with Crippen LogP contribution in [0, 0.1) is 0 Å². The van der Waals surface area contributed by atoms with Crippen LogP contribution < -0.4 is 0 Å². The number of amides is 1. The average Bonchev–Trinajstić information content (AvgIpc) is 3.24. The van der Waals surface area contributed by atoms with Crippen LogP contribution in [0.2, 0.25) is 10.0 Å². The first-order valence-corrected chi connectivity index (χ1v) is 9.69. The lowest BCUT2D eigenvalue weighted by Crippen LogP contribution is -2.31. The van der Waals surface area contributed by atoms with Gasteiger partial charge in [0.2, 0.25) is 5.91 Å². The fourth-order valence-electron chi connectivity index (χ4n) is 2.13. The van der Waals surface area contributed by atoms with E-state index in [0.29, 0.717) is 28.4 Å². The molecule has 1 saturated heterocycles. The quantitative estimate of drug-likeness (QED) is 0.620. The smallest absolute Gasteiger partial charge is 0.287 e. The van der Waals surface area contributed by atoms with Gasteiger partial charge in [0.1, 0.15) is 0 Å². The Balaban J connectivity index is 1.87. The van der Waals surface area contributed by atoms with Crippen LogP contribution in [0.25, 0.3) is 0 Å². The highest BCUT2D eigenvalue weighted by molar-refractivity contribution is 8.15. The maximum absolute atomic E-state index is 12.4. The van der Waals surface area contributed by atoms with Crippen molar-refractivity contribution in [3.05, 3.63) is 22.2 Å². The summed E-state index contributed by atoms with van der Waals surface area (Å²) in [6.45, 7) is 0. The van der Waals surface area contributed by atoms with Gasteiger partial charge in [-0.05, 0) is 25.0 Å². The fraction of sp³-hybridized carbons (Fsp3) is 0.429. The van der Waals surface area contributed by atoms with E-state index < -0.39 is 11.9 Å². The second-order valence-corrected chi connectivity index (χ2v) is 8.09. The van der Waals surface area contributed by atoms with Gasteiger partial charge in [-0.1, -0.05) is 35.0 Å². The zero-order valence-corrected chi connectivity index (χ0v) is 15.2. The van der Waals surface area contributed by atoms with Crippen LogP contribution in [0.1, 0.15) is 12.8 Å². The summed E-state index contributed by atoms with van der Waals surface area (Å²) in [4.78, 5) is 18.2. The van der Waals surface area contributed by atoms with E-state index in [0.717, 1.165) is 12.8 Å². The molecule has 0 radical (unpaired) electrons. The van der Waals surface area contributed by atoms with Crippen molar-refractivity contribution in [3.63, 3.8) is 0 Å². The summed E-state index contributed by atoms with van der Waals surface area (Å²) in [5, 5.41) is 0.922. The van der Waals surface area contributed by atoms with Gasteiger partial charge in [0, 0.05) is 10.9 Å². The summed E-state index contributed by atoms with van der Waals surface area (Å²) in [5.74, 6) is -0.736. The van der Waals surface area contributed by atoms with Crippen LogP contribution in [0.3, 0.4) is 0 Å². The number of aliphatic imine (C=N–C) groups is 1. The van der Waals surface area contributed by atoms with Crippen molar-refractivity contribution in [3.8, 4) is 0 Å². The van der Waals surface area contributed by atoms with Crippen molar-refractivity contribution in [2.24, 2.45) is 4.99 Å². The van der Waals surface area contributed by atoms with E-state index in [1.54, 1.807) is 4.90 Å². The molecule has 3 nitrogen and oxygen atoms in total. The molecule has 0 N–H and O–H groups in total. The highest BCUT2D eigenvalue weighted by Crippen LogP contribution is 2.40. The minimum Gasteiger partial charge on any atom is -0.287 e. The molecule has 0 aromatic heterocycles. The Kier molecular flexibility index (Phi) is 5.30. The second kappa shape index (κ2) is 6.97. The molecule has 130 valence electrons. The molecule has 2 fully saturated rings. The van der Waals surface area contributed by atoms with Crippen molar-refractivity contribution in [2.75, 3.05) is 11.5 Å². The van der Waals surface area contributed by atoms with Crippen molar-refractivity contribution < 1.29 is 18.0 Å². The van der Waals surface area contributed by atoms with E-state index in [4.69, 9.17) is 23.2 Å². The van der Waals surface area contributed by atoms with Crippen LogP contribution in [0.5, 0.6) is 0 Å². The minimum atomic E-state index is -4.30. The number of benzene rings is 1. The number of rotatable bonds is 4. The molecule has 24 heavy (non-hydrogen) atoms. The first kappa shape index (κ1) is 18.2. The molecule has 1 aliphatic heterocycles. The molecule has 1 aromatic carbocycles. The third kappa shape index (κ3) is 4.33. The standard InChI is InChI=1S/C14H11Cl2F3N2OS2/c15-8-3-9(16)11(24-6-14(17,18)19)4-10(8)20-13-21(7-1-2-7)12(22)5-23-13/h3-4,7H,1-2,5-6H2/b20-13-. The average molecular weight is 415 g/mol. The number of alkyl halides is 3. The van der Waals surface area contributed by atoms with E-state index >= 15 is 0 Å². The van der Waals surface area contributed by atoms with Gasteiger partial charge in [0.05, 0.1) is 27.2 Å². The molecule has 10 heteroatoms. The van der Waals surface area contributed by atoms with Crippen molar-refractivity contribution in [1.82, 2.24) is 4.90 Å². The highest BCUT2D eigenvalue weighted by Gasteiger charge is 2.40. The zero-order valence-electron chi connectivity index (χ0n) is 12.1. The van der Waals surface area contributed by atoms with Gasteiger partial charge in [0.25, 0.3) is 0 Å². The molecule has 1 amide bonds. The number of hydrogen-bond donors (Lipinski definition) is 0. The van der Waals surface area contributed by atoms with Gasteiger partial charge in [-0.25, -0.2) is 4.99 Å². The zero-order chi connectivity index (χ0) is 17.5. The summed E-state index contributed by atoms with van der Waals surface area (Å²) in [5.41, 5.74) is 0.314. The molecule has 1 aromatic rings. The lowest BCUT2D eigenvalue weighted by atomic mass is 10.3. The Morgan fingerprint density at radius 2 is 2.00 bits per heavy atom. The third-order valence-electron chi connectivity index (χ3n) is 3.32. The molecule has 0 atom stereocenters. The molecule has 0 spiro atoms. The Morgan fingerprint density at radius 3 is 2.62 bits per heavy atom. The SMILES string of the molecule is O=C1CS/C(=N\c2cc(SCC(F)(F)F)c(Cl)cc2Cl)N1C1CC1. The maximum atomic E-state index is 12.4. The molecule has 2 aliphatic rings. The number of amidine groups is 1. The molecule has 1 heterocycles. The van der Waals surface area contributed by atoms with Gasteiger partial charge >= 0.3 is 6.18 Å². The number of nitrogens with zero attached hydrogens (tertiary/aromatic N) is 2. The topological polar surface area (TPSA) is 32.7 Å². The summed E-state index contributed by atoms with van der Waals surface area (Å²) >= 11 is 14.0. The maximum Gasteiger partial charge on any atom is 0.398 e. The Bertz CT molecular complexity index is 708. The normalized spacial score (nSPS) is 20.3. The molecular weight excluding hydrogens is 404 g/mol. The molecule has 1 aliphatic carbocycles. The molecule has 3 rings (SSSR count). The molecular formula is C14H11Cl2F3N2OS2. The largest absolute Gasteiger partial charge is 0.398 e. The van der Waals surface area contributed by atoms with Crippen LogP contribution in [0.15, 0.2) is 22.0 Å². The predicted molar refractivity (Wildman–Crippen MR) is 92.7 cm³/mol. The Hall–Kier alpha value is -0.570. The molecule has 1 saturated carbocycles. The van der Waals surface area contributed by atoms with E-state index in [1.807, 2.05) is 0 Å². The van der Waals surface area contributed by atoms with Crippen molar-refractivity contribution >= 4 is 63.5 Å². The lowest BCUT2D eigenvalue weighted by molar-refractivity contribution is -0.124. The predicted octanol–water partition coefficient (Wildman–Crippen LogP) is 5.37. The number of thioether (sulfide) groups is 2. The van der Waals surface area contributed by atoms with Crippen molar-refractivity contribution in [2.45, 2.75) is 30.0 Å². The number of halogens is 5. The van der Waals surface area contributed by atoms with Crippen LogP contribution >= 0.6 is 46.7 Å². The summed E-state index contributed by atoms with van der Waals surface area (Å²) < 4.78 is 37.2. The number of hydrogen-bond acceptors (Lipinski definition) is 4. The third-order valence-corrected chi connectivity index (χ3v) is 6.11. The van der Waals surface area contributed by atoms with Crippen LogP contribution in [-0.4, -0.2) is 39.7 Å². The summed E-state index contributed by atoms with van der Waals surface area (Å²) in [6.07, 6.45) is -2.42. The Morgan fingerprint density at radius 1 is 1.29 bits per heavy atom. The van der Waals surface area contributed by atoms with Gasteiger partial charge in [-0.3, -0.25) is 9.69 Å². The first-order valence-electron chi connectivity index (χ1n) is 6.97. The monoisotopic (exact) mass is 414 g/mol. The minimum absolute atomic E-state index is 0.00185. The van der Waals surface area contributed by atoms with E-state index in [1.165, 1.54) is 23.9 Å². The van der Waals surface area contributed by atoms with Gasteiger partial charge in [0.15, 0.2) is 5.17 Å². The lowest BCUT2D eigenvalue weighted by Gasteiger charge is -2.15. The first-order chi connectivity index (χ1) is 11.2. The van der Waals surface area contributed by atoms with Crippen LogP contribution in [-0.2, 0) is 4.79 Å². The van der Waals surface area contributed by atoms with Gasteiger partial charge in [-0.15, -0.1) is 11.8 Å². The summed E-state index contributed by atoms with van der Waals surface area (Å²) in [7, 11) is 0. The molecule has 0 bridgehead atoms. The van der Waals surface area contributed by atoms with Gasteiger partial charge < -0.3 is 0 Å².